The minimum absolute atomic E-state index is 0.135. The Morgan fingerprint density at radius 2 is 1.94 bits per heavy atom. The Balaban J connectivity index is 1.74. The Hall–Kier alpha value is -0.940. The first-order valence-corrected chi connectivity index (χ1v) is 6.38. The Labute approximate surface area is 102 Å². The predicted molar refractivity (Wildman–Crippen MR) is 64.7 cm³/mol. The standard InChI is InChI=1S/C12H21N3O2/c1-10(16)15-6-4-14(5-7-15)9-12(17)11-2-3-13-8-11/h11,13H,2-9H2,1H3. The van der Waals surface area contributed by atoms with Gasteiger partial charge in [-0.2, -0.15) is 0 Å². The number of nitrogens with zero attached hydrogens (tertiary/aromatic N) is 2. The lowest BCUT2D eigenvalue weighted by atomic mass is 10.0. The molecule has 0 aromatic rings. The molecule has 2 rings (SSSR count). The van der Waals surface area contributed by atoms with Crippen LogP contribution in [0.5, 0.6) is 0 Å². The summed E-state index contributed by atoms with van der Waals surface area (Å²) in [5.41, 5.74) is 0. The first-order chi connectivity index (χ1) is 8.16. The predicted octanol–water partition coefficient (Wildman–Crippen LogP) is -0.671. The van der Waals surface area contributed by atoms with Gasteiger partial charge in [0.1, 0.15) is 0 Å². The minimum atomic E-state index is 0.135. The van der Waals surface area contributed by atoms with E-state index in [-0.39, 0.29) is 11.8 Å². The molecule has 0 aromatic carbocycles. The highest BCUT2D eigenvalue weighted by atomic mass is 16.2. The lowest BCUT2D eigenvalue weighted by Gasteiger charge is -2.34. The molecule has 5 heteroatoms. The number of carbonyl (C=O) groups is 2. The summed E-state index contributed by atoms with van der Waals surface area (Å²) in [5, 5.41) is 3.22. The summed E-state index contributed by atoms with van der Waals surface area (Å²) in [6, 6.07) is 0. The summed E-state index contributed by atoms with van der Waals surface area (Å²) in [4.78, 5) is 27.1. The zero-order chi connectivity index (χ0) is 12.3. The zero-order valence-corrected chi connectivity index (χ0v) is 10.4. The van der Waals surface area contributed by atoms with Gasteiger partial charge in [0.15, 0.2) is 5.78 Å². The van der Waals surface area contributed by atoms with Gasteiger partial charge in [0, 0.05) is 45.6 Å². The molecule has 2 saturated heterocycles. The first kappa shape index (κ1) is 12.5. The Morgan fingerprint density at radius 1 is 1.24 bits per heavy atom. The number of hydrogen-bond acceptors (Lipinski definition) is 4. The highest BCUT2D eigenvalue weighted by Crippen LogP contribution is 2.10. The summed E-state index contributed by atoms with van der Waals surface area (Å²) in [6.45, 7) is 7.12. The molecule has 1 amide bonds. The topological polar surface area (TPSA) is 52.7 Å². The van der Waals surface area contributed by atoms with E-state index in [1.54, 1.807) is 6.92 Å². The van der Waals surface area contributed by atoms with E-state index < -0.39 is 0 Å². The van der Waals surface area contributed by atoms with Crippen LogP contribution in [0.15, 0.2) is 0 Å². The van der Waals surface area contributed by atoms with Gasteiger partial charge in [-0.05, 0) is 13.0 Å². The fraction of sp³-hybridized carbons (Fsp3) is 0.833. The molecular weight excluding hydrogens is 218 g/mol. The van der Waals surface area contributed by atoms with Crippen molar-refractivity contribution in [2.45, 2.75) is 13.3 Å². The van der Waals surface area contributed by atoms with Gasteiger partial charge in [-0.25, -0.2) is 0 Å². The van der Waals surface area contributed by atoms with E-state index in [0.29, 0.717) is 12.3 Å². The summed E-state index contributed by atoms with van der Waals surface area (Å²) >= 11 is 0. The van der Waals surface area contributed by atoms with Crippen molar-refractivity contribution >= 4 is 11.7 Å². The lowest BCUT2D eigenvalue weighted by molar-refractivity contribution is -0.131. The van der Waals surface area contributed by atoms with E-state index in [1.165, 1.54) is 0 Å². The largest absolute Gasteiger partial charge is 0.340 e. The van der Waals surface area contributed by atoms with Gasteiger partial charge in [-0.1, -0.05) is 0 Å². The molecule has 0 saturated carbocycles. The third-order valence-corrected chi connectivity index (χ3v) is 3.71. The SMILES string of the molecule is CC(=O)N1CCN(CC(=O)C2CCNC2)CC1. The van der Waals surface area contributed by atoms with Crippen molar-refractivity contribution < 1.29 is 9.59 Å². The summed E-state index contributed by atoms with van der Waals surface area (Å²) in [5.74, 6) is 0.697. The highest BCUT2D eigenvalue weighted by Gasteiger charge is 2.26. The van der Waals surface area contributed by atoms with Crippen LogP contribution in [-0.4, -0.2) is 67.3 Å². The molecule has 2 aliphatic heterocycles. The monoisotopic (exact) mass is 239 g/mol. The Morgan fingerprint density at radius 3 is 2.47 bits per heavy atom. The number of amides is 1. The molecule has 0 aliphatic carbocycles. The lowest BCUT2D eigenvalue weighted by Crippen LogP contribution is -2.49. The van der Waals surface area contributed by atoms with Crippen molar-refractivity contribution in [3.05, 3.63) is 0 Å². The van der Waals surface area contributed by atoms with Crippen LogP contribution in [0, 0.1) is 5.92 Å². The van der Waals surface area contributed by atoms with Crippen LogP contribution >= 0.6 is 0 Å². The maximum absolute atomic E-state index is 12.0. The Bertz CT molecular complexity index is 292. The number of ketones is 1. The molecule has 0 radical (unpaired) electrons. The molecule has 2 fully saturated rings. The summed E-state index contributed by atoms with van der Waals surface area (Å²) in [6.07, 6.45) is 0.978. The molecule has 1 unspecified atom stereocenters. The molecule has 2 heterocycles. The van der Waals surface area contributed by atoms with Gasteiger partial charge in [0.05, 0.1) is 6.54 Å². The molecular formula is C12H21N3O2. The number of nitrogens with one attached hydrogen (secondary N) is 1. The zero-order valence-electron chi connectivity index (χ0n) is 10.4. The van der Waals surface area contributed by atoms with Crippen LogP contribution in [0.1, 0.15) is 13.3 Å². The van der Waals surface area contributed by atoms with Gasteiger partial charge in [-0.15, -0.1) is 0 Å². The van der Waals surface area contributed by atoms with E-state index in [2.05, 4.69) is 10.2 Å². The Kier molecular flexibility index (Phi) is 4.12. The number of rotatable bonds is 3. The van der Waals surface area contributed by atoms with Crippen LogP contribution in [0.3, 0.4) is 0 Å². The maximum atomic E-state index is 12.0. The third kappa shape index (κ3) is 3.26. The van der Waals surface area contributed by atoms with Crippen molar-refractivity contribution in [2.75, 3.05) is 45.8 Å². The fourth-order valence-corrected chi connectivity index (χ4v) is 2.50. The maximum Gasteiger partial charge on any atom is 0.219 e. The molecule has 1 atom stereocenters. The van der Waals surface area contributed by atoms with E-state index in [4.69, 9.17) is 0 Å². The average Bonchev–Trinajstić information content (AvgIpc) is 2.83. The molecule has 17 heavy (non-hydrogen) atoms. The van der Waals surface area contributed by atoms with Crippen molar-refractivity contribution in [1.82, 2.24) is 15.1 Å². The smallest absolute Gasteiger partial charge is 0.219 e. The number of piperazine rings is 1. The summed E-state index contributed by atoms with van der Waals surface area (Å²) in [7, 11) is 0. The first-order valence-electron chi connectivity index (χ1n) is 6.38. The summed E-state index contributed by atoms with van der Waals surface area (Å²) < 4.78 is 0. The highest BCUT2D eigenvalue weighted by molar-refractivity contribution is 5.83. The van der Waals surface area contributed by atoms with Crippen molar-refractivity contribution in [3.8, 4) is 0 Å². The van der Waals surface area contributed by atoms with Crippen LogP contribution in [0.4, 0.5) is 0 Å². The van der Waals surface area contributed by atoms with Crippen LogP contribution < -0.4 is 5.32 Å². The van der Waals surface area contributed by atoms with Gasteiger partial charge in [-0.3, -0.25) is 14.5 Å². The second-order valence-electron chi connectivity index (χ2n) is 4.94. The van der Waals surface area contributed by atoms with E-state index in [1.807, 2.05) is 4.90 Å². The van der Waals surface area contributed by atoms with Crippen molar-refractivity contribution in [1.29, 1.82) is 0 Å². The molecule has 2 aliphatic rings. The van der Waals surface area contributed by atoms with Crippen LogP contribution in [-0.2, 0) is 9.59 Å². The van der Waals surface area contributed by atoms with Gasteiger partial charge in [0.25, 0.3) is 0 Å². The fourth-order valence-electron chi connectivity index (χ4n) is 2.50. The second kappa shape index (κ2) is 5.60. The number of Topliss-reactive ketones (excluding diaryl/α,β-unsaturated/α-hetero) is 1. The van der Waals surface area contributed by atoms with Gasteiger partial charge >= 0.3 is 0 Å². The molecule has 0 bridgehead atoms. The quantitative estimate of drug-likeness (QED) is 0.709. The van der Waals surface area contributed by atoms with Gasteiger partial charge < -0.3 is 10.2 Å². The normalized spacial score (nSPS) is 26.2. The van der Waals surface area contributed by atoms with E-state index in [9.17, 15) is 9.59 Å². The molecule has 0 spiro atoms. The van der Waals surface area contributed by atoms with Crippen molar-refractivity contribution in [3.63, 3.8) is 0 Å². The van der Waals surface area contributed by atoms with E-state index in [0.717, 1.165) is 45.7 Å². The number of carbonyl (C=O) groups excluding carboxylic acids is 2. The van der Waals surface area contributed by atoms with E-state index >= 15 is 0 Å². The number of hydrogen-bond donors (Lipinski definition) is 1. The molecule has 96 valence electrons. The molecule has 5 nitrogen and oxygen atoms in total. The molecule has 1 N–H and O–H groups in total. The van der Waals surface area contributed by atoms with Crippen LogP contribution in [0.25, 0.3) is 0 Å². The second-order valence-corrected chi connectivity index (χ2v) is 4.94. The van der Waals surface area contributed by atoms with Crippen molar-refractivity contribution in [2.24, 2.45) is 5.92 Å². The van der Waals surface area contributed by atoms with Gasteiger partial charge in [0.2, 0.25) is 5.91 Å². The molecule has 0 aromatic heterocycles. The average molecular weight is 239 g/mol. The minimum Gasteiger partial charge on any atom is -0.340 e. The van der Waals surface area contributed by atoms with Crippen LogP contribution in [0.2, 0.25) is 0 Å². The third-order valence-electron chi connectivity index (χ3n) is 3.71.